The summed E-state index contributed by atoms with van der Waals surface area (Å²) in [6, 6.07) is 9.00. The third kappa shape index (κ3) is 3.89. The monoisotopic (exact) mass is 372 g/mol. The lowest BCUT2D eigenvalue weighted by Crippen LogP contribution is -2.15. The van der Waals surface area contributed by atoms with Gasteiger partial charge in [0.2, 0.25) is 5.95 Å². The zero-order valence-corrected chi connectivity index (χ0v) is 14.9. The number of carbonyl (C=O) groups is 1. The maximum Gasteiger partial charge on any atom is 0.264 e. The summed E-state index contributed by atoms with van der Waals surface area (Å²) in [6.07, 6.45) is 2.87. The highest BCUT2D eigenvalue weighted by atomic mass is 32.2. The number of anilines is 2. The van der Waals surface area contributed by atoms with E-state index in [-0.39, 0.29) is 16.8 Å². The Balaban J connectivity index is 1.74. The lowest BCUT2D eigenvalue weighted by Gasteiger charge is -2.08. The molecule has 0 aliphatic carbocycles. The topological polar surface area (TPSA) is 114 Å². The van der Waals surface area contributed by atoms with Gasteiger partial charge in [-0.2, -0.15) is 0 Å². The molecule has 134 valence electrons. The molecule has 0 fully saturated rings. The second-order valence-corrected chi connectivity index (χ2v) is 7.17. The van der Waals surface area contributed by atoms with Gasteiger partial charge in [-0.1, -0.05) is 0 Å². The van der Waals surface area contributed by atoms with Gasteiger partial charge in [-0.15, -0.1) is 0 Å². The van der Waals surface area contributed by atoms with E-state index in [4.69, 9.17) is 4.42 Å². The van der Waals surface area contributed by atoms with Crippen molar-refractivity contribution in [1.29, 1.82) is 0 Å². The summed E-state index contributed by atoms with van der Waals surface area (Å²) in [7, 11) is -3.82. The maximum absolute atomic E-state index is 12.3. The number of aryl methyl sites for hydroxylation is 2. The smallest absolute Gasteiger partial charge is 0.264 e. The number of benzene rings is 1. The van der Waals surface area contributed by atoms with Crippen molar-refractivity contribution in [2.24, 2.45) is 0 Å². The molecule has 0 unspecified atom stereocenters. The fourth-order valence-corrected chi connectivity index (χ4v) is 3.26. The first-order chi connectivity index (χ1) is 12.3. The zero-order chi connectivity index (χ0) is 18.7. The maximum atomic E-state index is 12.3. The van der Waals surface area contributed by atoms with Crippen LogP contribution in [0.3, 0.4) is 0 Å². The van der Waals surface area contributed by atoms with Crippen LogP contribution in [0, 0.1) is 13.8 Å². The van der Waals surface area contributed by atoms with E-state index in [9.17, 15) is 13.2 Å². The van der Waals surface area contributed by atoms with Gasteiger partial charge in [0.15, 0.2) is 0 Å². The highest BCUT2D eigenvalue weighted by Crippen LogP contribution is 2.19. The van der Waals surface area contributed by atoms with Crippen LogP contribution in [0.1, 0.15) is 21.9 Å². The van der Waals surface area contributed by atoms with Crippen molar-refractivity contribution in [2.75, 3.05) is 10.0 Å². The second kappa shape index (κ2) is 6.96. The van der Waals surface area contributed by atoms with E-state index in [0.29, 0.717) is 22.8 Å². The molecule has 2 N–H and O–H groups in total. The summed E-state index contributed by atoms with van der Waals surface area (Å²) in [4.78, 5) is 19.9. The van der Waals surface area contributed by atoms with Crippen molar-refractivity contribution in [3.8, 4) is 0 Å². The molecule has 0 atom stereocenters. The number of rotatable bonds is 5. The molecule has 2 aromatic heterocycles. The highest BCUT2D eigenvalue weighted by molar-refractivity contribution is 7.92. The van der Waals surface area contributed by atoms with Crippen LogP contribution < -0.4 is 10.0 Å². The van der Waals surface area contributed by atoms with Crippen molar-refractivity contribution in [1.82, 2.24) is 9.97 Å². The molecule has 9 heteroatoms. The van der Waals surface area contributed by atoms with Crippen LogP contribution >= 0.6 is 0 Å². The molecule has 0 aliphatic heterocycles. The molecule has 2 heterocycles. The van der Waals surface area contributed by atoms with E-state index in [1.807, 2.05) is 0 Å². The number of furan rings is 1. The number of hydrogen-bond donors (Lipinski definition) is 2. The molecule has 0 saturated carbocycles. The van der Waals surface area contributed by atoms with E-state index in [2.05, 4.69) is 20.0 Å². The fraction of sp³-hybridized carbons (Fsp3) is 0.118. The lowest BCUT2D eigenvalue weighted by atomic mass is 10.2. The molecule has 3 aromatic rings. The number of sulfonamides is 1. The van der Waals surface area contributed by atoms with Gasteiger partial charge >= 0.3 is 0 Å². The fourth-order valence-electron chi connectivity index (χ4n) is 2.30. The van der Waals surface area contributed by atoms with Gasteiger partial charge in [-0.05, 0) is 50.2 Å². The molecule has 1 amide bonds. The van der Waals surface area contributed by atoms with Gasteiger partial charge in [-0.3, -0.25) is 4.79 Å². The molecule has 0 spiro atoms. The van der Waals surface area contributed by atoms with E-state index in [0.717, 1.165) is 0 Å². The van der Waals surface area contributed by atoms with Gasteiger partial charge in [0.05, 0.1) is 10.5 Å². The summed E-state index contributed by atoms with van der Waals surface area (Å²) in [6.45, 7) is 3.46. The second-order valence-electron chi connectivity index (χ2n) is 5.48. The van der Waals surface area contributed by atoms with Crippen molar-refractivity contribution in [3.63, 3.8) is 0 Å². The minimum atomic E-state index is -3.82. The van der Waals surface area contributed by atoms with Crippen LogP contribution in [0.5, 0.6) is 0 Å². The summed E-state index contributed by atoms with van der Waals surface area (Å²) in [5.41, 5.74) is 0.894. The number of carbonyl (C=O) groups excluding carboxylic acids is 1. The highest BCUT2D eigenvalue weighted by Gasteiger charge is 2.17. The van der Waals surface area contributed by atoms with Crippen molar-refractivity contribution in [2.45, 2.75) is 18.7 Å². The van der Waals surface area contributed by atoms with Gasteiger partial charge in [0.1, 0.15) is 11.5 Å². The number of hydrogen-bond acceptors (Lipinski definition) is 6. The molecular formula is C17H16N4O4S. The van der Waals surface area contributed by atoms with Crippen LogP contribution in [-0.4, -0.2) is 24.3 Å². The van der Waals surface area contributed by atoms with Crippen LogP contribution in [0.25, 0.3) is 0 Å². The summed E-state index contributed by atoms with van der Waals surface area (Å²) in [5, 5.41) is 2.70. The summed E-state index contributed by atoms with van der Waals surface area (Å²) < 4.78 is 32.2. The number of nitrogens with zero attached hydrogens (tertiary/aromatic N) is 2. The average Bonchev–Trinajstić information content (AvgIpc) is 2.94. The van der Waals surface area contributed by atoms with Gasteiger partial charge in [-0.25, -0.2) is 23.1 Å². The number of aromatic nitrogens is 2. The molecular weight excluding hydrogens is 356 g/mol. The number of amides is 1. The summed E-state index contributed by atoms with van der Waals surface area (Å²) >= 11 is 0. The average molecular weight is 372 g/mol. The molecule has 1 aromatic carbocycles. The Morgan fingerprint density at radius 1 is 1.08 bits per heavy atom. The normalized spacial score (nSPS) is 11.2. The standard InChI is InChI=1S/C17H16N4O4S/c1-11-10-15(12(2)25-11)16(22)20-13-4-6-14(7-5-13)26(23,24)21-17-18-8-3-9-19-17/h3-10H,1-2H3,(H,20,22)(H,18,19,21). The zero-order valence-electron chi connectivity index (χ0n) is 14.1. The molecule has 0 radical (unpaired) electrons. The van der Waals surface area contributed by atoms with E-state index >= 15 is 0 Å². The molecule has 0 aliphatic rings. The Hall–Kier alpha value is -3.20. The van der Waals surface area contributed by atoms with Crippen LogP contribution in [0.15, 0.2) is 58.1 Å². The third-order valence-electron chi connectivity index (χ3n) is 3.50. The van der Waals surface area contributed by atoms with Crippen LogP contribution in [-0.2, 0) is 10.0 Å². The van der Waals surface area contributed by atoms with Gasteiger partial charge in [0.25, 0.3) is 15.9 Å². The first-order valence-electron chi connectivity index (χ1n) is 7.63. The molecule has 26 heavy (non-hydrogen) atoms. The predicted octanol–water partition coefficient (Wildman–Crippen LogP) is 2.74. The molecule has 0 saturated heterocycles. The SMILES string of the molecule is Cc1cc(C(=O)Nc2ccc(S(=O)(=O)Nc3ncccn3)cc2)c(C)o1. The van der Waals surface area contributed by atoms with Gasteiger partial charge < -0.3 is 9.73 Å². The number of nitrogens with one attached hydrogen (secondary N) is 2. The largest absolute Gasteiger partial charge is 0.466 e. The first-order valence-corrected chi connectivity index (χ1v) is 9.12. The Morgan fingerprint density at radius 3 is 2.31 bits per heavy atom. The molecule has 8 nitrogen and oxygen atoms in total. The quantitative estimate of drug-likeness (QED) is 0.712. The first kappa shape index (κ1) is 17.6. The molecule has 3 rings (SSSR count). The van der Waals surface area contributed by atoms with E-state index < -0.39 is 10.0 Å². The van der Waals surface area contributed by atoms with E-state index in [1.54, 1.807) is 26.0 Å². The molecule has 0 bridgehead atoms. The van der Waals surface area contributed by atoms with Crippen molar-refractivity contribution in [3.05, 3.63) is 65.9 Å². The Kier molecular flexibility index (Phi) is 4.72. The van der Waals surface area contributed by atoms with Crippen LogP contribution in [0.2, 0.25) is 0 Å². The Bertz CT molecular complexity index is 1030. The lowest BCUT2D eigenvalue weighted by molar-refractivity contribution is 0.102. The van der Waals surface area contributed by atoms with E-state index in [1.165, 1.54) is 36.7 Å². The van der Waals surface area contributed by atoms with Crippen molar-refractivity contribution < 1.29 is 17.6 Å². The summed E-state index contributed by atoms with van der Waals surface area (Å²) in [5.74, 6) is 0.816. The van der Waals surface area contributed by atoms with Gasteiger partial charge in [0, 0.05) is 18.1 Å². The predicted molar refractivity (Wildman–Crippen MR) is 95.4 cm³/mol. The van der Waals surface area contributed by atoms with Crippen LogP contribution in [0.4, 0.5) is 11.6 Å². The minimum absolute atomic E-state index is 0.0179. The van der Waals surface area contributed by atoms with Crippen molar-refractivity contribution >= 4 is 27.6 Å². The Morgan fingerprint density at radius 2 is 1.73 bits per heavy atom. The Labute approximate surface area is 150 Å². The minimum Gasteiger partial charge on any atom is -0.466 e. The third-order valence-corrected chi connectivity index (χ3v) is 4.84.